The number of rotatable bonds is 8. The molecule has 0 aliphatic heterocycles. The van der Waals surface area contributed by atoms with Crippen molar-refractivity contribution in [3.63, 3.8) is 0 Å². The highest BCUT2D eigenvalue weighted by Gasteiger charge is 2.36. The zero-order valence-electron chi connectivity index (χ0n) is 12.7. The van der Waals surface area contributed by atoms with Gasteiger partial charge in [-0.15, -0.1) is 4.91 Å². The van der Waals surface area contributed by atoms with Crippen molar-refractivity contribution in [2.45, 2.75) is 13.3 Å². The average Bonchev–Trinajstić information content (AvgIpc) is 2.30. The van der Waals surface area contributed by atoms with Gasteiger partial charge in [-0.2, -0.15) is 4.67 Å². The third-order valence-corrected chi connectivity index (χ3v) is 6.02. The van der Waals surface area contributed by atoms with Crippen LogP contribution in [0.4, 0.5) is 0 Å². The lowest BCUT2D eigenvalue weighted by atomic mass is 10.9. The summed E-state index contributed by atoms with van der Waals surface area (Å²) in [6.45, 7) is 2.44. The number of ether oxygens (including phenoxy) is 2. The van der Waals surface area contributed by atoms with Crippen molar-refractivity contribution in [1.82, 2.24) is 14.0 Å². The molecule has 7 nitrogen and oxygen atoms in total. The number of hydrogen-bond acceptors (Lipinski definition) is 4. The molecule has 0 bridgehead atoms. The average molecular weight is 282 g/mol. The summed E-state index contributed by atoms with van der Waals surface area (Å²) in [5.41, 5.74) is 0. The van der Waals surface area contributed by atoms with Crippen LogP contribution in [0, 0.1) is 0 Å². The molecule has 0 atom stereocenters. The van der Waals surface area contributed by atoms with Gasteiger partial charge in [0.15, 0.2) is 0 Å². The van der Waals surface area contributed by atoms with Crippen LogP contribution in [-0.2, 0) is 14.3 Å². The van der Waals surface area contributed by atoms with Crippen LogP contribution in [0.3, 0.4) is 0 Å². The van der Waals surface area contributed by atoms with Crippen molar-refractivity contribution >= 4 is 7.51 Å². The lowest BCUT2D eigenvalue weighted by Crippen LogP contribution is -2.40. The zero-order valence-corrected chi connectivity index (χ0v) is 13.6. The maximum Gasteiger partial charge on any atom is 0.224 e. The van der Waals surface area contributed by atoms with Gasteiger partial charge >= 0.3 is 0 Å². The third-order valence-electron chi connectivity index (χ3n) is 2.50. The minimum absolute atomic E-state index is 0.479. The molecular formula is C10H27N4O3P. The van der Waals surface area contributed by atoms with Crippen LogP contribution >= 0.6 is 7.51 Å². The summed E-state index contributed by atoms with van der Waals surface area (Å²) >= 11 is 0. The van der Waals surface area contributed by atoms with Crippen LogP contribution < -0.4 is 0 Å². The Morgan fingerprint density at radius 2 is 1.44 bits per heavy atom. The molecule has 0 fully saturated rings. The van der Waals surface area contributed by atoms with Gasteiger partial charge in [0.1, 0.15) is 0 Å². The van der Waals surface area contributed by atoms with Crippen LogP contribution in [0.15, 0.2) is 4.91 Å². The smallest absolute Gasteiger partial charge is 0.224 e. The first-order valence-electron chi connectivity index (χ1n) is 5.76. The lowest BCUT2D eigenvalue weighted by Gasteiger charge is -2.43. The molecule has 0 aromatic carbocycles. The predicted octanol–water partition coefficient (Wildman–Crippen LogP) is 1.52. The molecule has 0 spiro atoms. The Hall–Kier alpha value is -0.0100. The first-order valence-corrected chi connectivity index (χ1v) is 7.36. The summed E-state index contributed by atoms with van der Waals surface area (Å²) in [5.74, 6) is 0. The van der Waals surface area contributed by atoms with E-state index in [4.69, 9.17) is 14.3 Å². The molecule has 0 radical (unpaired) electrons. The van der Waals surface area contributed by atoms with Crippen LogP contribution in [0.1, 0.15) is 6.92 Å². The van der Waals surface area contributed by atoms with Gasteiger partial charge in [-0.3, -0.25) is 14.2 Å². The van der Waals surface area contributed by atoms with E-state index in [0.717, 1.165) is 0 Å². The SMILES string of the molecule is CCON=P(N(C)C)(N(C)C)N(C)C(OC)OC. The minimum Gasteiger partial charge on any atom is -0.343 e. The molecule has 8 heteroatoms. The monoisotopic (exact) mass is 282 g/mol. The van der Waals surface area contributed by atoms with Crippen molar-refractivity contribution in [2.75, 3.05) is 56.1 Å². The van der Waals surface area contributed by atoms with Crippen molar-refractivity contribution in [1.29, 1.82) is 0 Å². The van der Waals surface area contributed by atoms with E-state index < -0.39 is 13.9 Å². The Labute approximate surface area is 111 Å². The van der Waals surface area contributed by atoms with E-state index >= 15 is 0 Å². The summed E-state index contributed by atoms with van der Waals surface area (Å²) in [5, 5.41) is 0. The predicted molar refractivity (Wildman–Crippen MR) is 73.9 cm³/mol. The Kier molecular flexibility index (Phi) is 8.21. The fourth-order valence-corrected chi connectivity index (χ4v) is 4.75. The Balaban J connectivity index is 5.56. The molecular weight excluding hydrogens is 255 g/mol. The van der Waals surface area contributed by atoms with E-state index in [1.807, 2.05) is 56.2 Å². The Morgan fingerprint density at radius 3 is 1.72 bits per heavy atom. The van der Waals surface area contributed by atoms with Crippen LogP contribution in [-0.4, -0.2) is 76.5 Å². The molecule has 0 saturated carbocycles. The van der Waals surface area contributed by atoms with Crippen LogP contribution in [0.5, 0.6) is 0 Å². The lowest BCUT2D eigenvalue weighted by molar-refractivity contribution is -0.161. The van der Waals surface area contributed by atoms with Gasteiger partial charge in [0.05, 0.1) is 6.61 Å². The van der Waals surface area contributed by atoms with Crippen molar-refractivity contribution in [3.05, 3.63) is 0 Å². The molecule has 0 aliphatic carbocycles. The molecule has 0 unspecified atom stereocenters. The van der Waals surface area contributed by atoms with Gasteiger partial charge in [0.2, 0.25) is 13.9 Å². The topological polar surface area (TPSA) is 49.8 Å². The molecule has 0 aliphatic rings. The summed E-state index contributed by atoms with van der Waals surface area (Å²) in [6.07, 6.45) is -0.479. The maximum atomic E-state index is 5.32. The minimum atomic E-state index is -2.18. The highest BCUT2D eigenvalue weighted by Crippen LogP contribution is 2.56. The van der Waals surface area contributed by atoms with Gasteiger partial charge in [-0.05, 0) is 42.2 Å². The summed E-state index contributed by atoms with van der Waals surface area (Å²) in [7, 11) is 10.8. The summed E-state index contributed by atoms with van der Waals surface area (Å²) in [6, 6.07) is 0. The molecule has 0 heterocycles. The van der Waals surface area contributed by atoms with Crippen LogP contribution in [0.2, 0.25) is 0 Å². The number of nitrogens with zero attached hydrogens (tertiary/aromatic N) is 4. The molecule has 0 aromatic rings. The molecule has 0 rings (SSSR count). The standard InChI is InChI=1S/C10H27N4O3P/c1-9-17-11-18(12(2)3,13(4)5)14(6)10(15-7)16-8/h10H,9H2,1-8H3. The molecule has 110 valence electrons. The largest absolute Gasteiger partial charge is 0.343 e. The zero-order chi connectivity index (χ0) is 14.3. The molecule has 18 heavy (non-hydrogen) atoms. The van der Waals surface area contributed by atoms with Crippen molar-refractivity contribution in [3.8, 4) is 0 Å². The van der Waals surface area contributed by atoms with Gasteiger partial charge < -0.3 is 9.47 Å². The quantitative estimate of drug-likeness (QED) is 0.382. The summed E-state index contributed by atoms with van der Waals surface area (Å²) < 4.78 is 16.6. The maximum absolute atomic E-state index is 5.32. The van der Waals surface area contributed by atoms with E-state index in [0.29, 0.717) is 6.61 Å². The van der Waals surface area contributed by atoms with E-state index in [-0.39, 0.29) is 0 Å². The molecule has 0 N–H and O–H groups in total. The first-order chi connectivity index (χ1) is 8.38. The number of methoxy groups -OCH3 is 2. The Bertz CT molecular complexity index is 270. The Morgan fingerprint density at radius 1 is 1.00 bits per heavy atom. The van der Waals surface area contributed by atoms with Crippen molar-refractivity contribution in [2.24, 2.45) is 4.91 Å². The van der Waals surface area contributed by atoms with E-state index in [9.17, 15) is 0 Å². The van der Waals surface area contributed by atoms with Gasteiger partial charge in [0, 0.05) is 14.2 Å². The fraction of sp³-hybridized carbons (Fsp3) is 1.00. The normalized spacial score (nSPS) is 13.1. The van der Waals surface area contributed by atoms with Gasteiger partial charge in [-0.1, -0.05) is 0 Å². The second-order valence-electron chi connectivity index (χ2n) is 4.08. The highest BCUT2D eigenvalue weighted by molar-refractivity contribution is 7.58. The molecule has 0 amide bonds. The summed E-state index contributed by atoms with van der Waals surface area (Å²) in [4.78, 5) is 9.74. The molecule has 0 aromatic heterocycles. The second kappa shape index (κ2) is 8.22. The van der Waals surface area contributed by atoms with E-state index in [1.165, 1.54) is 0 Å². The van der Waals surface area contributed by atoms with Crippen LogP contribution in [0.25, 0.3) is 0 Å². The third kappa shape index (κ3) is 3.74. The molecule has 0 saturated heterocycles. The second-order valence-corrected chi connectivity index (χ2v) is 7.55. The highest BCUT2D eigenvalue weighted by atomic mass is 31.2. The fourth-order valence-electron chi connectivity index (χ4n) is 1.79. The van der Waals surface area contributed by atoms with E-state index in [1.54, 1.807) is 14.2 Å². The van der Waals surface area contributed by atoms with Crippen molar-refractivity contribution < 1.29 is 14.3 Å². The van der Waals surface area contributed by atoms with Gasteiger partial charge in [0.25, 0.3) is 0 Å². The first kappa shape index (κ1) is 18.0. The van der Waals surface area contributed by atoms with Gasteiger partial charge in [-0.25, -0.2) is 0 Å². The number of hydrogen-bond donors (Lipinski definition) is 0. The van der Waals surface area contributed by atoms with E-state index in [2.05, 4.69) is 4.91 Å².